The number of hydrogen-bond acceptors (Lipinski definition) is 5. The van der Waals surface area contributed by atoms with Gasteiger partial charge in [-0.2, -0.15) is 0 Å². The first-order valence-electron chi connectivity index (χ1n) is 13.3. The summed E-state index contributed by atoms with van der Waals surface area (Å²) in [6, 6.07) is 13.0. The molecule has 0 N–H and O–H groups in total. The van der Waals surface area contributed by atoms with Gasteiger partial charge in [-0.05, 0) is 86.5 Å². The van der Waals surface area contributed by atoms with E-state index in [0.717, 1.165) is 56.8 Å². The second kappa shape index (κ2) is 9.87. The summed E-state index contributed by atoms with van der Waals surface area (Å²) in [5.41, 5.74) is 0.983. The molecule has 0 aliphatic carbocycles. The minimum Gasteiger partial charge on any atom is -0.491 e. The smallest absolute Gasteiger partial charge is 0.262 e. The molecule has 3 saturated heterocycles. The van der Waals surface area contributed by atoms with Gasteiger partial charge in [0.2, 0.25) is 0 Å². The predicted molar refractivity (Wildman–Crippen MR) is 140 cm³/mol. The fourth-order valence-electron chi connectivity index (χ4n) is 5.93. The molecule has 3 fully saturated rings. The van der Waals surface area contributed by atoms with Crippen molar-refractivity contribution in [2.75, 3.05) is 44.3 Å². The lowest BCUT2D eigenvalue weighted by Crippen LogP contribution is -2.35. The number of rotatable bonds is 6. The van der Waals surface area contributed by atoms with Gasteiger partial charge in [0.1, 0.15) is 18.2 Å². The summed E-state index contributed by atoms with van der Waals surface area (Å²) in [5.74, 6) is 0.922. The van der Waals surface area contributed by atoms with Crippen molar-refractivity contribution in [3.8, 4) is 11.4 Å². The lowest BCUT2D eigenvalue weighted by Gasteiger charge is -2.25. The number of anilines is 1. The maximum atomic E-state index is 15.2. The lowest BCUT2D eigenvalue weighted by atomic mass is 10.1. The molecular weight excluding hydrogens is 457 g/mol. The van der Waals surface area contributed by atoms with Crippen molar-refractivity contribution in [2.45, 2.75) is 44.8 Å². The molecule has 6 rings (SSSR count). The number of fused-ring (bicyclic) bond motifs is 1. The molecule has 2 aromatic carbocycles. The summed E-state index contributed by atoms with van der Waals surface area (Å²) in [6.07, 6.45) is 6.49. The Kier molecular flexibility index (Phi) is 6.44. The molecule has 0 bridgehead atoms. The molecule has 7 heteroatoms. The van der Waals surface area contributed by atoms with E-state index in [1.54, 1.807) is 12.3 Å². The zero-order valence-electron chi connectivity index (χ0n) is 20.9. The Bertz CT molecular complexity index is 1300. The summed E-state index contributed by atoms with van der Waals surface area (Å²) in [6.45, 7) is 7.51. The van der Waals surface area contributed by atoms with E-state index in [1.807, 2.05) is 30.3 Å². The molecule has 6 nitrogen and oxygen atoms in total. The van der Waals surface area contributed by atoms with Crippen LogP contribution >= 0.6 is 0 Å². The average Bonchev–Trinajstić information content (AvgIpc) is 3.65. The molecule has 0 saturated carbocycles. The van der Waals surface area contributed by atoms with Crippen molar-refractivity contribution < 1.29 is 13.9 Å². The maximum Gasteiger partial charge on any atom is 0.262 e. The highest BCUT2D eigenvalue weighted by atomic mass is 19.1. The first kappa shape index (κ1) is 23.5. The summed E-state index contributed by atoms with van der Waals surface area (Å²) >= 11 is 0. The van der Waals surface area contributed by atoms with E-state index in [2.05, 4.69) is 16.7 Å². The van der Waals surface area contributed by atoms with E-state index in [9.17, 15) is 4.79 Å². The van der Waals surface area contributed by atoms with Crippen molar-refractivity contribution in [3.05, 3.63) is 64.8 Å². The Balaban J connectivity index is 1.19. The first-order valence-corrected chi connectivity index (χ1v) is 13.3. The fraction of sp³-hybridized carbons (Fsp3) is 0.483. The van der Waals surface area contributed by atoms with Crippen molar-refractivity contribution >= 4 is 16.5 Å². The van der Waals surface area contributed by atoms with Crippen LogP contribution in [0.5, 0.6) is 5.75 Å². The number of hydrogen-bond donors (Lipinski definition) is 0. The summed E-state index contributed by atoms with van der Waals surface area (Å²) in [7, 11) is 0. The quantitative estimate of drug-likeness (QED) is 0.504. The number of aromatic nitrogens is 1. The number of likely N-dealkylation sites (tertiary alicyclic amines) is 1. The first-order chi connectivity index (χ1) is 17.6. The number of benzene rings is 2. The molecule has 190 valence electrons. The van der Waals surface area contributed by atoms with Gasteiger partial charge in [-0.3, -0.25) is 14.3 Å². The zero-order chi connectivity index (χ0) is 24.6. The van der Waals surface area contributed by atoms with Crippen LogP contribution in [0.4, 0.5) is 10.1 Å². The number of nitrogens with zero attached hydrogens (tertiary/aromatic N) is 3. The van der Waals surface area contributed by atoms with Gasteiger partial charge in [-0.1, -0.05) is 6.92 Å². The molecule has 4 heterocycles. The van der Waals surface area contributed by atoms with Gasteiger partial charge in [-0.15, -0.1) is 0 Å². The highest BCUT2D eigenvalue weighted by Crippen LogP contribution is 2.29. The highest BCUT2D eigenvalue weighted by Gasteiger charge is 2.30. The third-order valence-corrected chi connectivity index (χ3v) is 8.20. The summed E-state index contributed by atoms with van der Waals surface area (Å²) in [5, 5.41) is 1.38. The fourth-order valence-corrected chi connectivity index (χ4v) is 5.93. The standard InChI is InChI=1S/C29H34FN3O3/c1-20-10-15-35-28(20)19-36-24-5-6-25-21(16-24)8-14-33(29(25)34)22-4-7-27(26(30)17-22)32-13-9-23(18-32)31-11-2-3-12-31/h4-8,14,16-17,20,23,28H,2-3,9-13,15,18-19H2,1H3/t20?,23-,28?/m1/s1. The van der Waals surface area contributed by atoms with Crippen LogP contribution in [0.2, 0.25) is 0 Å². The monoisotopic (exact) mass is 491 g/mol. The largest absolute Gasteiger partial charge is 0.491 e. The van der Waals surface area contributed by atoms with E-state index >= 15 is 4.39 Å². The Morgan fingerprint density at radius 1 is 1.06 bits per heavy atom. The van der Waals surface area contributed by atoms with Crippen LogP contribution in [0.1, 0.15) is 32.6 Å². The van der Waals surface area contributed by atoms with Crippen molar-refractivity contribution in [2.24, 2.45) is 5.92 Å². The second-order valence-corrected chi connectivity index (χ2v) is 10.5. The van der Waals surface area contributed by atoms with Crippen molar-refractivity contribution in [3.63, 3.8) is 0 Å². The Morgan fingerprint density at radius 3 is 2.69 bits per heavy atom. The number of halogens is 1. The Labute approximate surface area is 211 Å². The number of ether oxygens (including phenoxy) is 2. The topological polar surface area (TPSA) is 46.9 Å². The Hall–Kier alpha value is -2.90. The third-order valence-electron chi connectivity index (χ3n) is 8.20. The molecule has 2 unspecified atom stereocenters. The summed E-state index contributed by atoms with van der Waals surface area (Å²) < 4.78 is 28.4. The van der Waals surface area contributed by atoms with Crippen LogP contribution in [0, 0.1) is 11.7 Å². The van der Waals surface area contributed by atoms with E-state index in [0.29, 0.717) is 35.3 Å². The molecule has 0 radical (unpaired) electrons. The van der Waals surface area contributed by atoms with Gasteiger partial charge in [0.25, 0.3) is 5.56 Å². The predicted octanol–water partition coefficient (Wildman–Crippen LogP) is 4.61. The van der Waals surface area contributed by atoms with Crippen LogP contribution in [-0.4, -0.2) is 61.0 Å². The van der Waals surface area contributed by atoms with Crippen LogP contribution < -0.4 is 15.2 Å². The van der Waals surface area contributed by atoms with Crippen LogP contribution in [-0.2, 0) is 4.74 Å². The maximum absolute atomic E-state index is 15.2. The van der Waals surface area contributed by atoms with Crippen LogP contribution in [0.3, 0.4) is 0 Å². The van der Waals surface area contributed by atoms with Crippen molar-refractivity contribution in [1.82, 2.24) is 9.47 Å². The Morgan fingerprint density at radius 2 is 1.92 bits per heavy atom. The SMILES string of the molecule is CC1CCOC1COc1ccc2c(=O)n(-c3ccc(N4CC[C@@H](N5CCCC5)C4)c(F)c3)ccc2c1. The molecule has 1 aromatic heterocycles. The third kappa shape index (κ3) is 4.50. The van der Waals surface area contributed by atoms with Gasteiger partial charge in [0, 0.05) is 43.4 Å². The molecule has 3 aliphatic rings. The molecule has 3 atom stereocenters. The minimum atomic E-state index is -0.284. The minimum absolute atomic E-state index is 0.109. The molecule has 3 aromatic rings. The van der Waals surface area contributed by atoms with E-state index in [4.69, 9.17) is 9.47 Å². The normalized spacial score (nSPS) is 24.7. The van der Waals surface area contributed by atoms with Gasteiger partial charge < -0.3 is 14.4 Å². The van der Waals surface area contributed by atoms with Gasteiger partial charge in [0.15, 0.2) is 0 Å². The average molecular weight is 492 g/mol. The van der Waals surface area contributed by atoms with E-state index < -0.39 is 0 Å². The second-order valence-electron chi connectivity index (χ2n) is 10.5. The van der Waals surface area contributed by atoms with Gasteiger partial charge in [-0.25, -0.2) is 4.39 Å². The number of pyridine rings is 1. The highest BCUT2D eigenvalue weighted by molar-refractivity contribution is 5.83. The van der Waals surface area contributed by atoms with Crippen LogP contribution in [0.25, 0.3) is 16.5 Å². The zero-order valence-corrected chi connectivity index (χ0v) is 20.9. The molecular formula is C29H34FN3O3. The summed E-state index contributed by atoms with van der Waals surface area (Å²) in [4.78, 5) is 17.9. The molecule has 0 spiro atoms. The van der Waals surface area contributed by atoms with Gasteiger partial charge in [0.05, 0.1) is 17.5 Å². The van der Waals surface area contributed by atoms with Crippen LogP contribution in [0.15, 0.2) is 53.5 Å². The molecule has 3 aliphatic heterocycles. The molecule has 0 amide bonds. The van der Waals surface area contributed by atoms with Crippen molar-refractivity contribution in [1.29, 1.82) is 0 Å². The molecule has 36 heavy (non-hydrogen) atoms. The van der Waals surface area contributed by atoms with E-state index in [-0.39, 0.29) is 17.5 Å². The lowest BCUT2D eigenvalue weighted by molar-refractivity contribution is 0.0518. The van der Waals surface area contributed by atoms with Gasteiger partial charge >= 0.3 is 0 Å². The van der Waals surface area contributed by atoms with E-state index in [1.165, 1.54) is 23.5 Å².